The molecule has 1 aromatic heterocycles. The number of carbonyl (C=O) groups is 1. The topological polar surface area (TPSA) is 104 Å². The number of aryl methyl sites for hydroxylation is 1. The quantitative estimate of drug-likeness (QED) is 0.167. The van der Waals surface area contributed by atoms with Crippen LogP contribution in [0.15, 0.2) is 71.4 Å². The Balaban J connectivity index is 1.70. The summed E-state index contributed by atoms with van der Waals surface area (Å²) in [5.74, 6) is 0.985. The molecule has 1 N–H and O–H groups in total. The van der Waals surface area contributed by atoms with Gasteiger partial charge in [-0.05, 0) is 61.7 Å². The van der Waals surface area contributed by atoms with Crippen LogP contribution >= 0.6 is 0 Å². The van der Waals surface area contributed by atoms with E-state index in [1.54, 1.807) is 20.3 Å². The number of hydrogen-bond acceptors (Lipinski definition) is 6. The Labute approximate surface area is 208 Å². The molecule has 4 aromatic rings. The first-order chi connectivity index (χ1) is 17.3. The van der Waals surface area contributed by atoms with Crippen molar-refractivity contribution in [3.05, 3.63) is 88.2 Å². The molecule has 1 heterocycles. The van der Waals surface area contributed by atoms with Crippen molar-refractivity contribution in [3.63, 3.8) is 0 Å². The molecular formula is C28H26N2O6. The first kappa shape index (κ1) is 24.5. The summed E-state index contributed by atoms with van der Waals surface area (Å²) >= 11 is 0. The van der Waals surface area contributed by atoms with Gasteiger partial charge in [-0.2, -0.15) is 0 Å². The Morgan fingerprint density at radius 2 is 1.97 bits per heavy atom. The van der Waals surface area contributed by atoms with Crippen LogP contribution in [0.5, 0.6) is 11.5 Å². The highest BCUT2D eigenvalue weighted by Gasteiger charge is 2.16. The number of benzene rings is 3. The van der Waals surface area contributed by atoms with Gasteiger partial charge in [-0.25, -0.2) is 0 Å². The summed E-state index contributed by atoms with van der Waals surface area (Å²) < 4.78 is 17.0. The number of nitro benzene ring substituents is 1. The Bertz CT molecular complexity index is 1480. The fraction of sp³-hybridized carbons (Fsp3) is 0.179. The summed E-state index contributed by atoms with van der Waals surface area (Å²) in [5, 5.41) is 14.7. The number of non-ortho nitro benzene ring substituents is 1. The van der Waals surface area contributed by atoms with Crippen molar-refractivity contribution in [1.82, 2.24) is 0 Å². The van der Waals surface area contributed by atoms with E-state index in [1.807, 2.05) is 50.2 Å². The van der Waals surface area contributed by atoms with Gasteiger partial charge in [0.05, 0.1) is 24.9 Å². The van der Waals surface area contributed by atoms with Crippen molar-refractivity contribution in [2.45, 2.75) is 20.8 Å². The maximum atomic E-state index is 12.8. The van der Waals surface area contributed by atoms with Crippen molar-refractivity contribution in [2.24, 2.45) is 0 Å². The summed E-state index contributed by atoms with van der Waals surface area (Å²) in [6, 6.07) is 15.8. The third kappa shape index (κ3) is 5.07. The smallest absolute Gasteiger partial charge is 0.269 e. The summed E-state index contributed by atoms with van der Waals surface area (Å²) in [6.45, 7) is 5.88. The minimum Gasteiger partial charge on any atom is -0.497 e. The summed E-state index contributed by atoms with van der Waals surface area (Å²) in [4.78, 5) is 23.3. The number of rotatable bonds is 8. The fourth-order valence-electron chi connectivity index (χ4n) is 4.00. The first-order valence-electron chi connectivity index (χ1n) is 11.4. The number of hydrogen-bond donors (Lipinski definition) is 1. The van der Waals surface area contributed by atoms with E-state index in [0.717, 1.165) is 27.8 Å². The molecule has 1 amide bonds. The van der Waals surface area contributed by atoms with E-state index >= 15 is 0 Å². The number of nitrogens with zero attached hydrogens (tertiary/aromatic N) is 1. The highest BCUT2D eigenvalue weighted by atomic mass is 16.6. The summed E-state index contributed by atoms with van der Waals surface area (Å²) in [5.41, 5.74) is 5.02. The van der Waals surface area contributed by atoms with Crippen LogP contribution in [-0.2, 0) is 4.79 Å². The van der Waals surface area contributed by atoms with Gasteiger partial charge in [0.15, 0.2) is 0 Å². The van der Waals surface area contributed by atoms with Crippen LogP contribution < -0.4 is 14.8 Å². The average Bonchev–Trinajstić information content (AvgIpc) is 3.27. The third-order valence-corrected chi connectivity index (χ3v) is 5.81. The Morgan fingerprint density at radius 3 is 2.67 bits per heavy atom. The zero-order chi connectivity index (χ0) is 25.8. The predicted octanol–water partition coefficient (Wildman–Crippen LogP) is 6.77. The molecule has 0 unspecified atom stereocenters. The van der Waals surface area contributed by atoms with Gasteiger partial charge in [0.1, 0.15) is 17.1 Å². The highest BCUT2D eigenvalue weighted by molar-refractivity contribution is 6.05. The van der Waals surface area contributed by atoms with Gasteiger partial charge in [0, 0.05) is 46.5 Å². The molecule has 8 heteroatoms. The molecule has 0 radical (unpaired) electrons. The molecule has 0 saturated heterocycles. The normalized spacial score (nSPS) is 11.4. The van der Waals surface area contributed by atoms with E-state index in [0.29, 0.717) is 34.8 Å². The molecule has 184 valence electrons. The van der Waals surface area contributed by atoms with Gasteiger partial charge in [-0.1, -0.05) is 12.1 Å². The zero-order valence-corrected chi connectivity index (χ0v) is 20.5. The van der Waals surface area contributed by atoms with E-state index in [2.05, 4.69) is 5.32 Å². The second-order valence-corrected chi connectivity index (χ2v) is 8.23. The predicted molar refractivity (Wildman–Crippen MR) is 139 cm³/mol. The number of carbonyl (C=O) groups excluding carboxylic acids is 1. The summed E-state index contributed by atoms with van der Waals surface area (Å²) in [7, 11) is 1.62. The molecule has 0 saturated carbocycles. The highest BCUT2D eigenvalue weighted by Crippen LogP contribution is 2.38. The second-order valence-electron chi connectivity index (χ2n) is 8.23. The summed E-state index contributed by atoms with van der Waals surface area (Å²) in [6.07, 6.45) is 3.18. The van der Waals surface area contributed by atoms with Crippen molar-refractivity contribution in [2.75, 3.05) is 19.0 Å². The number of methoxy groups -OCH3 is 1. The number of nitro groups is 1. The Hall–Kier alpha value is -4.59. The van der Waals surface area contributed by atoms with E-state index in [9.17, 15) is 14.9 Å². The number of ether oxygens (including phenoxy) is 2. The number of amides is 1. The number of nitrogens with one attached hydrogen (secondary N) is 1. The second kappa shape index (κ2) is 10.4. The van der Waals surface area contributed by atoms with Crippen LogP contribution in [0.2, 0.25) is 0 Å². The standard InChI is InChI=1S/C28H26N2O6/c1-5-35-26-15-27-23(24(16-36-27)19-7-6-8-21(13-19)34-4)14-22(26)17(2)12-28(31)29-25-10-9-20(30(32)33)11-18(25)3/h6-16H,5H2,1-4H3,(H,29,31)/b17-12+. The van der Waals surface area contributed by atoms with Gasteiger partial charge < -0.3 is 19.2 Å². The van der Waals surface area contributed by atoms with E-state index in [4.69, 9.17) is 13.9 Å². The minimum absolute atomic E-state index is 0.0289. The first-order valence-corrected chi connectivity index (χ1v) is 11.4. The molecule has 8 nitrogen and oxygen atoms in total. The van der Waals surface area contributed by atoms with Crippen molar-refractivity contribution in [3.8, 4) is 22.6 Å². The van der Waals surface area contributed by atoms with Crippen molar-refractivity contribution in [1.29, 1.82) is 0 Å². The van der Waals surface area contributed by atoms with Crippen molar-refractivity contribution >= 4 is 33.8 Å². The number of fused-ring (bicyclic) bond motifs is 1. The van der Waals surface area contributed by atoms with Gasteiger partial charge in [-0.15, -0.1) is 0 Å². The van der Waals surface area contributed by atoms with Crippen LogP contribution in [0.3, 0.4) is 0 Å². The SMILES string of the molecule is CCOc1cc2occ(-c3cccc(OC)c3)c2cc1/C(C)=C/C(=O)Nc1ccc([N+](=O)[O-])cc1C. The molecule has 0 bridgehead atoms. The Morgan fingerprint density at radius 1 is 1.17 bits per heavy atom. The molecule has 0 aliphatic carbocycles. The lowest BCUT2D eigenvalue weighted by Crippen LogP contribution is -2.10. The lowest BCUT2D eigenvalue weighted by atomic mass is 9.99. The average molecular weight is 487 g/mol. The molecular weight excluding hydrogens is 460 g/mol. The van der Waals surface area contributed by atoms with Crippen LogP contribution in [0, 0.1) is 17.0 Å². The molecule has 0 aliphatic heterocycles. The van der Waals surface area contributed by atoms with Crippen LogP contribution in [0.4, 0.5) is 11.4 Å². The van der Waals surface area contributed by atoms with Gasteiger partial charge >= 0.3 is 0 Å². The third-order valence-electron chi connectivity index (χ3n) is 5.81. The monoisotopic (exact) mass is 486 g/mol. The van der Waals surface area contributed by atoms with Gasteiger partial charge in [-0.3, -0.25) is 14.9 Å². The molecule has 0 atom stereocenters. The minimum atomic E-state index is -0.469. The number of furan rings is 1. The zero-order valence-electron chi connectivity index (χ0n) is 20.5. The van der Waals surface area contributed by atoms with Crippen LogP contribution in [-0.4, -0.2) is 24.5 Å². The molecule has 0 aliphatic rings. The van der Waals surface area contributed by atoms with Crippen LogP contribution in [0.25, 0.3) is 27.7 Å². The van der Waals surface area contributed by atoms with E-state index in [-0.39, 0.29) is 11.6 Å². The van der Waals surface area contributed by atoms with E-state index < -0.39 is 4.92 Å². The lowest BCUT2D eigenvalue weighted by Gasteiger charge is -2.12. The maximum absolute atomic E-state index is 12.8. The largest absolute Gasteiger partial charge is 0.497 e. The van der Waals surface area contributed by atoms with Gasteiger partial charge in [0.25, 0.3) is 5.69 Å². The molecule has 36 heavy (non-hydrogen) atoms. The Kier molecular flexibility index (Phi) is 7.05. The molecule has 4 rings (SSSR count). The lowest BCUT2D eigenvalue weighted by molar-refractivity contribution is -0.384. The van der Waals surface area contributed by atoms with Crippen molar-refractivity contribution < 1.29 is 23.6 Å². The van der Waals surface area contributed by atoms with E-state index in [1.165, 1.54) is 24.3 Å². The molecule has 0 fully saturated rings. The molecule has 0 spiro atoms. The fourth-order valence-corrected chi connectivity index (χ4v) is 4.00. The number of anilines is 1. The molecule has 3 aromatic carbocycles. The maximum Gasteiger partial charge on any atom is 0.269 e. The number of allylic oxidation sites excluding steroid dienone is 1. The van der Waals surface area contributed by atoms with Gasteiger partial charge in [0.2, 0.25) is 5.91 Å². The van der Waals surface area contributed by atoms with Crippen LogP contribution in [0.1, 0.15) is 25.0 Å².